The van der Waals surface area contributed by atoms with E-state index < -0.39 is 10.4 Å². The molecule has 1 N–H and O–H groups in total. The summed E-state index contributed by atoms with van der Waals surface area (Å²) in [4.78, 5) is 10.4. The van der Waals surface area contributed by atoms with Gasteiger partial charge in [-0.1, -0.05) is 28.1 Å². The fourth-order valence-electron chi connectivity index (χ4n) is 0.809. The first-order chi connectivity index (χ1) is 5.06. The van der Waals surface area contributed by atoms with Crippen molar-refractivity contribution in [2.24, 2.45) is 5.92 Å². The van der Waals surface area contributed by atoms with Gasteiger partial charge in [0.25, 0.3) is 0 Å². The Balaban J connectivity index is 2.92. The number of allylic oxidation sites excluding steroid dienone is 2. The minimum absolute atomic E-state index is 0.510. The van der Waals surface area contributed by atoms with Crippen LogP contribution in [0, 0.1) is 5.92 Å². The molecule has 2 nitrogen and oxygen atoms in total. The second-order valence-corrected chi connectivity index (χ2v) is 4.46. The van der Waals surface area contributed by atoms with E-state index in [2.05, 4.69) is 31.9 Å². The first-order valence-electron chi connectivity index (χ1n) is 2.99. The van der Waals surface area contributed by atoms with Crippen molar-refractivity contribution in [2.75, 3.05) is 0 Å². The predicted octanol–water partition coefficient (Wildman–Crippen LogP) is 1.73. The lowest BCUT2D eigenvalue weighted by Gasteiger charge is -2.24. The van der Waals surface area contributed by atoms with Crippen LogP contribution in [0.4, 0.5) is 0 Å². The van der Waals surface area contributed by atoms with Crippen molar-refractivity contribution in [1.29, 1.82) is 0 Å². The quantitative estimate of drug-likeness (QED) is 0.587. The highest BCUT2D eigenvalue weighted by molar-refractivity contribution is 9.12. The third kappa shape index (κ3) is 2.01. The molecular weight excluding hydrogens is 276 g/mol. The van der Waals surface area contributed by atoms with E-state index in [-0.39, 0.29) is 0 Å². The summed E-state index contributed by atoms with van der Waals surface area (Å²) in [7, 11) is 0. The van der Waals surface area contributed by atoms with Crippen molar-refractivity contribution >= 4 is 38.1 Å². The molecule has 0 saturated carbocycles. The van der Waals surface area contributed by atoms with Gasteiger partial charge in [-0.25, -0.2) is 0 Å². The molecule has 0 spiro atoms. The van der Waals surface area contributed by atoms with Gasteiger partial charge in [0.1, 0.15) is 6.29 Å². The fraction of sp³-hybridized carbons (Fsp3) is 0.286. The van der Waals surface area contributed by atoms with E-state index in [1.165, 1.54) is 6.08 Å². The van der Waals surface area contributed by atoms with Crippen LogP contribution >= 0.6 is 31.9 Å². The monoisotopic (exact) mass is 280 g/mol. The molecule has 1 rings (SSSR count). The standard InChI is InChI=1S/C7H6Br2O2/c8-6-2-1-5(4-10)7(9,11)3-6/h1-5,11H. The van der Waals surface area contributed by atoms with Crippen LogP contribution in [0.15, 0.2) is 22.7 Å². The molecule has 2 atom stereocenters. The predicted molar refractivity (Wildman–Crippen MR) is 49.6 cm³/mol. The van der Waals surface area contributed by atoms with Gasteiger partial charge in [0.05, 0.1) is 5.92 Å². The van der Waals surface area contributed by atoms with Gasteiger partial charge in [0, 0.05) is 4.48 Å². The summed E-state index contributed by atoms with van der Waals surface area (Å²) in [6.07, 6.45) is 5.59. The molecule has 11 heavy (non-hydrogen) atoms. The van der Waals surface area contributed by atoms with Crippen LogP contribution in [0.5, 0.6) is 0 Å². The third-order valence-corrected chi connectivity index (χ3v) is 2.67. The highest BCUT2D eigenvalue weighted by Crippen LogP contribution is 2.33. The maximum absolute atomic E-state index is 10.4. The van der Waals surface area contributed by atoms with Crippen molar-refractivity contribution in [3.8, 4) is 0 Å². The number of rotatable bonds is 1. The van der Waals surface area contributed by atoms with Gasteiger partial charge in [-0.15, -0.1) is 0 Å². The molecule has 1 aliphatic carbocycles. The average Bonchev–Trinajstić information content (AvgIpc) is 1.85. The molecular formula is C7H6Br2O2. The Labute approximate surface area is 81.2 Å². The molecule has 0 aromatic carbocycles. The molecule has 0 fully saturated rings. The summed E-state index contributed by atoms with van der Waals surface area (Å²) in [5, 5.41) is 9.53. The van der Waals surface area contributed by atoms with Gasteiger partial charge in [0.2, 0.25) is 0 Å². The Morgan fingerprint density at radius 2 is 2.36 bits per heavy atom. The third-order valence-electron chi connectivity index (χ3n) is 1.42. The van der Waals surface area contributed by atoms with E-state index in [0.29, 0.717) is 6.29 Å². The minimum Gasteiger partial charge on any atom is -0.374 e. The Bertz CT molecular complexity index is 231. The molecule has 0 saturated heterocycles. The highest BCUT2D eigenvalue weighted by atomic mass is 79.9. The molecule has 0 heterocycles. The van der Waals surface area contributed by atoms with Crippen molar-refractivity contribution in [3.05, 3.63) is 22.7 Å². The number of alkyl halides is 1. The summed E-state index contributed by atoms with van der Waals surface area (Å²) >= 11 is 6.21. The van der Waals surface area contributed by atoms with Crippen LogP contribution in [0.3, 0.4) is 0 Å². The van der Waals surface area contributed by atoms with Crippen LogP contribution in [0.25, 0.3) is 0 Å². The maximum atomic E-state index is 10.4. The van der Waals surface area contributed by atoms with E-state index in [1.54, 1.807) is 12.2 Å². The topological polar surface area (TPSA) is 37.3 Å². The van der Waals surface area contributed by atoms with Crippen molar-refractivity contribution < 1.29 is 9.90 Å². The average molecular weight is 282 g/mol. The van der Waals surface area contributed by atoms with Crippen molar-refractivity contribution in [2.45, 2.75) is 4.51 Å². The maximum Gasteiger partial charge on any atom is 0.152 e. The van der Waals surface area contributed by atoms with Gasteiger partial charge in [-0.05, 0) is 22.0 Å². The lowest BCUT2D eigenvalue weighted by Crippen LogP contribution is -2.30. The van der Waals surface area contributed by atoms with E-state index >= 15 is 0 Å². The molecule has 4 heteroatoms. The number of hydrogen-bond acceptors (Lipinski definition) is 2. The van der Waals surface area contributed by atoms with Gasteiger partial charge < -0.3 is 9.90 Å². The lowest BCUT2D eigenvalue weighted by atomic mass is 9.99. The molecule has 0 aromatic rings. The van der Waals surface area contributed by atoms with Gasteiger partial charge in [-0.3, -0.25) is 0 Å². The van der Waals surface area contributed by atoms with Crippen LogP contribution in [-0.4, -0.2) is 15.9 Å². The summed E-state index contributed by atoms with van der Waals surface area (Å²) in [5.74, 6) is -0.510. The number of halogens is 2. The molecule has 0 radical (unpaired) electrons. The Morgan fingerprint density at radius 1 is 1.73 bits per heavy atom. The van der Waals surface area contributed by atoms with Crippen LogP contribution < -0.4 is 0 Å². The van der Waals surface area contributed by atoms with Crippen LogP contribution in [0.1, 0.15) is 0 Å². The normalized spacial score (nSPS) is 36.6. The SMILES string of the molecule is O=CC1C=CC(Br)=CC1(O)Br. The Morgan fingerprint density at radius 3 is 2.82 bits per heavy atom. The van der Waals surface area contributed by atoms with Crippen LogP contribution in [-0.2, 0) is 4.79 Å². The molecule has 60 valence electrons. The first kappa shape index (κ1) is 9.16. The van der Waals surface area contributed by atoms with E-state index in [0.717, 1.165) is 4.48 Å². The summed E-state index contributed by atoms with van der Waals surface area (Å²) in [5.41, 5.74) is 0. The highest BCUT2D eigenvalue weighted by Gasteiger charge is 2.31. The Kier molecular flexibility index (Phi) is 2.67. The first-order valence-corrected chi connectivity index (χ1v) is 4.58. The zero-order chi connectivity index (χ0) is 8.48. The number of aldehydes is 1. The molecule has 0 bridgehead atoms. The molecule has 0 aromatic heterocycles. The van der Waals surface area contributed by atoms with E-state index in [4.69, 9.17) is 0 Å². The summed E-state index contributed by atoms with van der Waals surface area (Å²) in [6.45, 7) is 0. The van der Waals surface area contributed by atoms with Crippen molar-refractivity contribution in [3.63, 3.8) is 0 Å². The number of hydrogen-bond donors (Lipinski definition) is 1. The molecule has 2 unspecified atom stereocenters. The smallest absolute Gasteiger partial charge is 0.152 e. The number of carbonyl (C=O) groups is 1. The largest absolute Gasteiger partial charge is 0.374 e. The summed E-state index contributed by atoms with van der Waals surface area (Å²) in [6, 6.07) is 0. The number of carbonyl (C=O) groups excluding carboxylic acids is 1. The second kappa shape index (κ2) is 3.21. The second-order valence-electron chi connectivity index (χ2n) is 2.28. The van der Waals surface area contributed by atoms with Gasteiger partial charge >= 0.3 is 0 Å². The van der Waals surface area contributed by atoms with Gasteiger partial charge in [0.15, 0.2) is 4.51 Å². The Hall–Kier alpha value is 0.0700. The van der Waals surface area contributed by atoms with Crippen molar-refractivity contribution in [1.82, 2.24) is 0 Å². The molecule has 0 amide bonds. The fourth-order valence-corrected chi connectivity index (χ4v) is 2.13. The minimum atomic E-state index is -1.23. The van der Waals surface area contributed by atoms with Gasteiger partial charge in [-0.2, -0.15) is 0 Å². The lowest BCUT2D eigenvalue weighted by molar-refractivity contribution is -0.112. The van der Waals surface area contributed by atoms with Crippen LogP contribution in [0.2, 0.25) is 0 Å². The van der Waals surface area contributed by atoms with E-state index in [1.807, 2.05) is 0 Å². The number of aliphatic hydroxyl groups is 1. The zero-order valence-corrected chi connectivity index (χ0v) is 8.67. The summed E-state index contributed by atoms with van der Waals surface area (Å²) < 4.78 is -0.475. The van der Waals surface area contributed by atoms with E-state index in [9.17, 15) is 9.90 Å². The molecule has 1 aliphatic rings. The zero-order valence-electron chi connectivity index (χ0n) is 5.50. The molecule has 0 aliphatic heterocycles.